The smallest absolute Gasteiger partial charge is 0.322 e. The third kappa shape index (κ3) is 3.37. The number of hydrogen-bond donors (Lipinski definition) is 1. The van der Waals surface area contributed by atoms with Crippen molar-refractivity contribution in [1.29, 1.82) is 0 Å². The molecule has 1 N–H and O–H groups in total. The number of carbonyl (C=O) groups is 1. The molecule has 0 radical (unpaired) electrons. The zero-order valence-corrected chi connectivity index (χ0v) is 13.4. The van der Waals surface area contributed by atoms with Gasteiger partial charge in [-0.3, -0.25) is 0 Å². The van der Waals surface area contributed by atoms with Gasteiger partial charge in [-0.1, -0.05) is 17.7 Å². The number of aryl methyl sites for hydroxylation is 1. The molecule has 6 heteroatoms. The van der Waals surface area contributed by atoms with Crippen LogP contribution in [0.15, 0.2) is 18.2 Å². The fraction of sp³-hybridized carbons (Fsp3) is 0.562. The summed E-state index contributed by atoms with van der Waals surface area (Å²) < 4.78 is 11.2. The summed E-state index contributed by atoms with van der Waals surface area (Å²) in [5, 5.41) is 3.58. The van der Waals surface area contributed by atoms with E-state index in [9.17, 15) is 4.79 Å². The van der Waals surface area contributed by atoms with Gasteiger partial charge < -0.3 is 19.7 Å². The van der Waals surface area contributed by atoms with Crippen LogP contribution in [-0.2, 0) is 9.47 Å². The molecule has 3 rings (SSSR count). The van der Waals surface area contributed by atoms with E-state index < -0.39 is 0 Å². The van der Waals surface area contributed by atoms with Crippen LogP contribution in [0.25, 0.3) is 0 Å². The Balaban J connectivity index is 1.72. The molecule has 2 amide bonds. The van der Waals surface area contributed by atoms with Crippen molar-refractivity contribution in [3.63, 3.8) is 0 Å². The fourth-order valence-corrected chi connectivity index (χ4v) is 3.18. The highest BCUT2D eigenvalue weighted by Gasteiger charge is 2.36. The van der Waals surface area contributed by atoms with E-state index in [1.807, 2.05) is 24.0 Å². The van der Waals surface area contributed by atoms with Gasteiger partial charge >= 0.3 is 6.03 Å². The maximum absolute atomic E-state index is 12.7. The first-order valence-electron chi connectivity index (χ1n) is 7.72. The van der Waals surface area contributed by atoms with Crippen LogP contribution in [0.4, 0.5) is 10.5 Å². The molecule has 0 aromatic heterocycles. The second kappa shape index (κ2) is 6.86. The number of urea groups is 1. The third-order valence-corrected chi connectivity index (χ3v) is 4.45. The first-order valence-corrected chi connectivity index (χ1v) is 8.10. The zero-order valence-electron chi connectivity index (χ0n) is 12.7. The topological polar surface area (TPSA) is 50.8 Å². The van der Waals surface area contributed by atoms with Gasteiger partial charge in [-0.15, -0.1) is 0 Å². The molecule has 1 aromatic carbocycles. The van der Waals surface area contributed by atoms with E-state index in [0.29, 0.717) is 18.2 Å². The number of rotatable bonds is 2. The second-order valence-electron chi connectivity index (χ2n) is 5.76. The summed E-state index contributed by atoms with van der Waals surface area (Å²) in [5.74, 6) is 0. The van der Waals surface area contributed by atoms with Gasteiger partial charge in [0.05, 0.1) is 19.3 Å². The molecule has 1 aromatic rings. The molecule has 1 atom stereocenters. The van der Waals surface area contributed by atoms with E-state index in [0.717, 1.165) is 37.1 Å². The number of anilines is 1. The standard InChI is InChI=1S/C16H21ClN2O3/c1-11-5-6-12(17)10-13(11)18-16(20)19-7-3-2-4-14(19)15-21-8-9-22-15/h5-6,10,14-15H,2-4,7-9H2,1H3,(H,18,20)/t14-/m0/s1. The minimum atomic E-state index is -0.300. The van der Waals surface area contributed by atoms with Crippen molar-refractivity contribution in [2.45, 2.75) is 38.5 Å². The molecular weight excluding hydrogens is 304 g/mol. The molecule has 2 aliphatic rings. The van der Waals surface area contributed by atoms with Crippen LogP contribution in [0.3, 0.4) is 0 Å². The lowest BCUT2D eigenvalue weighted by Crippen LogP contribution is -2.51. The van der Waals surface area contributed by atoms with Crippen molar-refractivity contribution in [2.75, 3.05) is 25.1 Å². The monoisotopic (exact) mass is 324 g/mol. The van der Waals surface area contributed by atoms with Gasteiger partial charge in [0.1, 0.15) is 0 Å². The van der Waals surface area contributed by atoms with Crippen LogP contribution >= 0.6 is 11.6 Å². The van der Waals surface area contributed by atoms with Crippen LogP contribution < -0.4 is 5.32 Å². The Morgan fingerprint density at radius 2 is 2.09 bits per heavy atom. The Labute approximate surface area is 135 Å². The van der Waals surface area contributed by atoms with Crippen LogP contribution in [0, 0.1) is 6.92 Å². The van der Waals surface area contributed by atoms with E-state index in [1.54, 1.807) is 6.07 Å². The van der Waals surface area contributed by atoms with Gasteiger partial charge in [0.2, 0.25) is 0 Å². The largest absolute Gasteiger partial charge is 0.348 e. The molecule has 2 saturated heterocycles. The predicted octanol–water partition coefficient (Wildman–Crippen LogP) is 3.41. The lowest BCUT2D eigenvalue weighted by molar-refractivity contribution is -0.0973. The minimum Gasteiger partial charge on any atom is -0.348 e. The summed E-state index contributed by atoms with van der Waals surface area (Å²) in [5.41, 5.74) is 1.73. The maximum Gasteiger partial charge on any atom is 0.322 e. The molecule has 0 saturated carbocycles. The average Bonchev–Trinajstić information content (AvgIpc) is 3.05. The highest BCUT2D eigenvalue weighted by Crippen LogP contribution is 2.26. The lowest BCUT2D eigenvalue weighted by Gasteiger charge is -2.37. The number of piperidine rings is 1. The summed E-state index contributed by atoms with van der Waals surface area (Å²) in [6.45, 7) is 3.87. The maximum atomic E-state index is 12.7. The highest BCUT2D eigenvalue weighted by atomic mass is 35.5. The summed E-state index contributed by atoms with van der Waals surface area (Å²) in [7, 11) is 0. The normalized spacial score (nSPS) is 22.8. The number of nitrogens with zero attached hydrogens (tertiary/aromatic N) is 1. The average molecular weight is 325 g/mol. The zero-order chi connectivity index (χ0) is 15.5. The van der Waals surface area contributed by atoms with Gasteiger partial charge in [-0.25, -0.2) is 4.79 Å². The van der Waals surface area contributed by atoms with Crippen molar-refractivity contribution in [3.05, 3.63) is 28.8 Å². The van der Waals surface area contributed by atoms with Crippen molar-refractivity contribution < 1.29 is 14.3 Å². The molecule has 22 heavy (non-hydrogen) atoms. The number of halogens is 1. The summed E-state index contributed by atoms with van der Waals surface area (Å²) in [4.78, 5) is 14.5. The van der Waals surface area contributed by atoms with Gasteiger partial charge in [0.15, 0.2) is 6.29 Å². The molecule has 2 aliphatic heterocycles. The molecule has 120 valence electrons. The number of amides is 2. The van der Waals surface area contributed by atoms with Crippen molar-refractivity contribution in [3.8, 4) is 0 Å². The van der Waals surface area contributed by atoms with Crippen molar-refractivity contribution in [2.24, 2.45) is 0 Å². The molecule has 2 heterocycles. The molecular formula is C16H21ClN2O3. The van der Waals surface area contributed by atoms with E-state index in [2.05, 4.69) is 5.32 Å². The number of nitrogens with one attached hydrogen (secondary N) is 1. The Bertz CT molecular complexity index is 546. The molecule has 5 nitrogen and oxygen atoms in total. The van der Waals surface area contributed by atoms with E-state index in [-0.39, 0.29) is 18.4 Å². The van der Waals surface area contributed by atoms with Gasteiger partial charge in [-0.2, -0.15) is 0 Å². The van der Waals surface area contributed by atoms with E-state index in [1.165, 1.54) is 0 Å². The van der Waals surface area contributed by atoms with Crippen molar-refractivity contribution >= 4 is 23.3 Å². The molecule has 2 fully saturated rings. The quantitative estimate of drug-likeness (QED) is 0.907. The third-order valence-electron chi connectivity index (χ3n) is 4.21. The number of carbonyl (C=O) groups excluding carboxylic acids is 1. The summed E-state index contributed by atoms with van der Waals surface area (Å²) in [6.07, 6.45) is 2.71. The van der Waals surface area contributed by atoms with Crippen LogP contribution in [0.1, 0.15) is 24.8 Å². The fourth-order valence-electron chi connectivity index (χ4n) is 3.01. The summed E-state index contributed by atoms with van der Waals surface area (Å²) >= 11 is 6.01. The molecule has 0 bridgehead atoms. The van der Waals surface area contributed by atoms with Crippen LogP contribution in [0.2, 0.25) is 5.02 Å². The van der Waals surface area contributed by atoms with E-state index >= 15 is 0 Å². The number of ether oxygens (including phenoxy) is 2. The Kier molecular flexibility index (Phi) is 4.86. The van der Waals surface area contributed by atoms with Gasteiger partial charge in [0.25, 0.3) is 0 Å². The first kappa shape index (κ1) is 15.6. The lowest BCUT2D eigenvalue weighted by atomic mass is 10.0. The molecule has 0 aliphatic carbocycles. The second-order valence-corrected chi connectivity index (χ2v) is 6.19. The molecule has 0 unspecified atom stereocenters. The number of likely N-dealkylation sites (tertiary alicyclic amines) is 1. The number of benzene rings is 1. The van der Waals surface area contributed by atoms with Crippen molar-refractivity contribution in [1.82, 2.24) is 4.90 Å². The first-order chi connectivity index (χ1) is 10.6. The Morgan fingerprint density at radius 3 is 2.86 bits per heavy atom. The van der Waals surface area contributed by atoms with Gasteiger partial charge in [0, 0.05) is 17.3 Å². The highest BCUT2D eigenvalue weighted by molar-refractivity contribution is 6.31. The summed E-state index contributed by atoms with van der Waals surface area (Å²) in [6, 6.07) is 5.35. The molecule has 0 spiro atoms. The van der Waals surface area contributed by atoms with E-state index in [4.69, 9.17) is 21.1 Å². The SMILES string of the molecule is Cc1ccc(Cl)cc1NC(=O)N1CCCC[C@H]1C1OCCO1. The van der Waals surface area contributed by atoms with Crippen LogP contribution in [-0.4, -0.2) is 43.0 Å². The predicted molar refractivity (Wildman–Crippen MR) is 85.2 cm³/mol. The Hall–Kier alpha value is -1.30. The number of hydrogen-bond acceptors (Lipinski definition) is 3. The van der Waals surface area contributed by atoms with Gasteiger partial charge in [-0.05, 0) is 43.9 Å². The minimum absolute atomic E-state index is 0.0178. The van der Waals surface area contributed by atoms with Crippen LogP contribution in [0.5, 0.6) is 0 Å². The Morgan fingerprint density at radius 1 is 1.32 bits per heavy atom.